The van der Waals surface area contributed by atoms with Crippen LogP contribution in [0.2, 0.25) is 0 Å². The van der Waals surface area contributed by atoms with Crippen molar-refractivity contribution in [2.45, 2.75) is 44.9 Å². The molecule has 0 atom stereocenters. The van der Waals surface area contributed by atoms with Crippen LogP contribution in [-0.4, -0.2) is 23.5 Å². The van der Waals surface area contributed by atoms with Gasteiger partial charge in [0.15, 0.2) is 0 Å². The number of carboxylic acid groups (broad SMARTS) is 1. The molecule has 4 nitrogen and oxygen atoms in total. The topological polar surface area (TPSA) is 66.4 Å². The summed E-state index contributed by atoms with van der Waals surface area (Å²) >= 11 is 0. The molecule has 1 aromatic carbocycles. The molecule has 6 heteroatoms. The fourth-order valence-corrected chi connectivity index (χ4v) is 2.05. The minimum absolute atomic E-state index is 0.111. The largest absolute Gasteiger partial charge is 0.481 e. The van der Waals surface area contributed by atoms with Gasteiger partial charge < -0.3 is 10.4 Å². The molecular weight excluding hydrogens is 292 g/mol. The summed E-state index contributed by atoms with van der Waals surface area (Å²) in [6.45, 7) is 0.511. The number of halogens is 2. The third-order valence-corrected chi connectivity index (χ3v) is 3.27. The summed E-state index contributed by atoms with van der Waals surface area (Å²) in [5.41, 5.74) is 0.198. The third-order valence-electron chi connectivity index (χ3n) is 3.27. The van der Waals surface area contributed by atoms with Crippen LogP contribution >= 0.6 is 0 Å². The van der Waals surface area contributed by atoms with E-state index in [4.69, 9.17) is 5.11 Å². The summed E-state index contributed by atoms with van der Waals surface area (Å²) < 4.78 is 26.3. The molecule has 0 aromatic heterocycles. The van der Waals surface area contributed by atoms with Crippen LogP contribution in [0, 0.1) is 11.6 Å². The molecule has 0 heterocycles. The number of hydrogen-bond acceptors (Lipinski definition) is 2. The predicted octanol–water partition coefficient (Wildman–Crippen LogP) is 3.05. The number of amides is 1. The highest BCUT2D eigenvalue weighted by atomic mass is 19.1. The second-order valence-electron chi connectivity index (χ2n) is 5.14. The normalized spacial score (nSPS) is 10.5. The number of unbranched alkanes of at least 4 members (excludes halogenated alkanes) is 3. The number of rotatable bonds is 10. The SMILES string of the molecule is O=C(O)CCCCCCNC(=O)CCc1cc(F)ccc1F. The first-order valence-electron chi connectivity index (χ1n) is 7.41. The third kappa shape index (κ3) is 7.71. The van der Waals surface area contributed by atoms with Crippen molar-refractivity contribution in [2.24, 2.45) is 0 Å². The van der Waals surface area contributed by atoms with Gasteiger partial charge in [-0.3, -0.25) is 9.59 Å². The molecule has 0 spiro atoms. The average molecular weight is 313 g/mol. The molecule has 0 aliphatic heterocycles. The van der Waals surface area contributed by atoms with Gasteiger partial charge in [0, 0.05) is 19.4 Å². The number of carboxylic acids is 1. The van der Waals surface area contributed by atoms with Crippen molar-refractivity contribution in [1.29, 1.82) is 0 Å². The van der Waals surface area contributed by atoms with Gasteiger partial charge in [-0.2, -0.15) is 0 Å². The first-order valence-corrected chi connectivity index (χ1v) is 7.41. The zero-order valence-corrected chi connectivity index (χ0v) is 12.4. The Hall–Kier alpha value is -1.98. The molecule has 22 heavy (non-hydrogen) atoms. The molecular formula is C16H21F2NO3. The van der Waals surface area contributed by atoms with E-state index in [0.29, 0.717) is 13.0 Å². The van der Waals surface area contributed by atoms with Crippen LogP contribution in [0.25, 0.3) is 0 Å². The maximum atomic E-state index is 13.4. The van der Waals surface area contributed by atoms with E-state index in [0.717, 1.165) is 37.5 Å². The van der Waals surface area contributed by atoms with Gasteiger partial charge in [0.1, 0.15) is 11.6 Å². The van der Waals surface area contributed by atoms with Gasteiger partial charge in [-0.25, -0.2) is 8.78 Å². The minimum atomic E-state index is -0.794. The monoisotopic (exact) mass is 313 g/mol. The van der Waals surface area contributed by atoms with Gasteiger partial charge in [-0.1, -0.05) is 12.8 Å². The van der Waals surface area contributed by atoms with E-state index in [1.807, 2.05) is 0 Å². The number of nitrogens with one attached hydrogen (secondary N) is 1. The van der Waals surface area contributed by atoms with Crippen LogP contribution in [0.15, 0.2) is 18.2 Å². The fourth-order valence-electron chi connectivity index (χ4n) is 2.05. The van der Waals surface area contributed by atoms with Gasteiger partial charge in [0.05, 0.1) is 0 Å². The lowest BCUT2D eigenvalue weighted by atomic mass is 10.1. The highest BCUT2D eigenvalue weighted by Crippen LogP contribution is 2.11. The summed E-state index contributed by atoms with van der Waals surface area (Å²) in [6, 6.07) is 3.20. The molecule has 1 rings (SSSR count). The Labute approximate surface area is 128 Å². The predicted molar refractivity (Wildman–Crippen MR) is 78.4 cm³/mol. The highest BCUT2D eigenvalue weighted by Gasteiger charge is 2.07. The summed E-state index contributed by atoms with van der Waals surface area (Å²) in [5.74, 6) is -2.02. The number of carbonyl (C=O) groups is 2. The first-order chi connectivity index (χ1) is 10.5. The standard InChI is InChI=1S/C16H21F2NO3/c17-13-7-8-14(18)12(11-13)6-9-15(20)19-10-4-2-1-3-5-16(21)22/h7-8,11H,1-6,9-10H2,(H,19,20)(H,21,22). The first kappa shape index (κ1) is 18.1. The number of carbonyl (C=O) groups excluding carboxylic acids is 1. The van der Waals surface area contributed by atoms with Crippen LogP contribution < -0.4 is 5.32 Å². The fraction of sp³-hybridized carbons (Fsp3) is 0.500. The summed E-state index contributed by atoms with van der Waals surface area (Å²) in [5, 5.41) is 11.2. The second kappa shape index (κ2) is 9.87. The lowest BCUT2D eigenvalue weighted by molar-refractivity contribution is -0.137. The maximum absolute atomic E-state index is 13.4. The van der Waals surface area contributed by atoms with E-state index in [9.17, 15) is 18.4 Å². The molecule has 0 fully saturated rings. The number of benzene rings is 1. The van der Waals surface area contributed by atoms with Crippen molar-refractivity contribution in [1.82, 2.24) is 5.32 Å². The van der Waals surface area contributed by atoms with Crippen molar-refractivity contribution < 1.29 is 23.5 Å². The number of aryl methyl sites for hydroxylation is 1. The minimum Gasteiger partial charge on any atom is -0.481 e. The number of hydrogen-bond donors (Lipinski definition) is 2. The zero-order valence-electron chi connectivity index (χ0n) is 12.4. The van der Waals surface area contributed by atoms with Crippen molar-refractivity contribution >= 4 is 11.9 Å². The Morgan fingerprint density at radius 2 is 1.77 bits per heavy atom. The highest BCUT2D eigenvalue weighted by molar-refractivity contribution is 5.76. The molecule has 122 valence electrons. The van der Waals surface area contributed by atoms with E-state index in [1.165, 1.54) is 0 Å². The maximum Gasteiger partial charge on any atom is 0.303 e. The number of aliphatic carboxylic acids is 1. The van der Waals surface area contributed by atoms with Crippen LogP contribution in [-0.2, 0) is 16.0 Å². The Bertz CT molecular complexity index is 506. The Balaban J connectivity index is 2.11. The van der Waals surface area contributed by atoms with E-state index < -0.39 is 17.6 Å². The lowest BCUT2D eigenvalue weighted by Gasteiger charge is -2.06. The molecule has 1 aromatic rings. The molecule has 2 N–H and O–H groups in total. The molecule has 1 amide bonds. The van der Waals surface area contributed by atoms with Gasteiger partial charge in [0.25, 0.3) is 0 Å². The Morgan fingerprint density at radius 3 is 2.50 bits per heavy atom. The van der Waals surface area contributed by atoms with Crippen molar-refractivity contribution in [3.8, 4) is 0 Å². The average Bonchev–Trinajstić information content (AvgIpc) is 2.47. The molecule has 0 unspecified atom stereocenters. The summed E-state index contributed by atoms with van der Waals surface area (Å²) in [4.78, 5) is 21.9. The van der Waals surface area contributed by atoms with Crippen molar-refractivity contribution in [2.75, 3.05) is 6.54 Å². The van der Waals surface area contributed by atoms with E-state index >= 15 is 0 Å². The second-order valence-corrected chi connectivity index (χ2v) is 5.14. The lowest BCUT2D eigenvalue weighted by Crippen LogP contribution is -2.24. The Kier molecular flexibility index (Phi) is 8.10. The van der Waals surface area contributed by atoms with E-state index in [2.05, 4.69) is 5.32 Å². The van der Waals surface area contributed by atoms with E-state index in [1.54, 1.807) is 0 Å². The van der Waals surface area contributed by atoms with Gasteiger partial charge >= 0.3 is 5.97 Å². The Morgan fingerprint density at radius 1 is 1.05 bits per heavy atom. The van der Waals surface area contributed by atoms with Crippen molar-refractivity contribution in [3.63, 3.8) is 0 Å². The molecule has 0 saturated carbocycles. The molecule has 0 radical (unpaired) electrons. The van der Waals surface area contributed by atoms with E-state index in [-0.39, 0.29) is 30.7 Å². The molecule has 0 aliphatic rings. The molecule has 0 bridgehead atoms. The van der Waals surface area contributed by atoms with Crippen molar-refractivity contribution in [3.05, 3.63) is 35.4 Å². The molecule has 0 aliphatic carbocycles. The molecule has 0 saturated heterocycles. The smallest absolute Gasteiger partial charge is 0.303 e. The van der Waals surface area contributed by atoms with Gasteiger partial charge in [-0.15, -0.1) is 0 Å². The van der Waals surface area contributed by atoms with Gasteiger partial charge in [0.2, 0.25) is 5.91 Å². The zero-order chi connectivity index (χ0) is 16.4. The van der Waals surface area contributed by atoms with Crippen LogP contribution in [0.4, 0.5) is 8.78 Å². The van der Waals surface area contributed by atoms with Crippen LogP contribution in [0.5, 0.6) is 0 Å². The summed E-state index contributed by atoms with van der Waals surface area (Å²) in [7, 11) is 0. The van der Waals surface area contributed by atoms with Crippen LogP contribution in [0.1, 0.15) is 44.1 Å². The van der Waals surface area contributed by atoms with Crippen LogP contribution in [0.3, 0.4) is 0 Å². The van der Waals surface area contributed by atoms with Gasteiger partial charge in [-0.05, 0) is 43.0 Å². The quantitative estimate of drug-likeness (QED) is 0.652. The summed E-state index contributed by atoms with van der Waals surface area (Å²) in [6.07, 6.45) is 3.53.